The van der Waals surface area contributed by atoms with E-state index in [0.29, 0.717) is 22.5 Å². The molecule has 110 valence electrons. The fourth-order valence-corrected chi connectivity index (χ4v) is 2.34. The van der Waals surface area contributed by atoms with Crippen LogP contribution in [-0.4, -0.2) is 5.97 Å². The summed E-state index contributed by atoms with van der Waals surface area (Å²) < 4.78 is 10.4. The van der Waals surface area contributed by atoms with Crippen molar-refractivity contribution in [3.05, 3.63) is 64.5 Å². The van der Waals surface area contributed by atoms with E-state index < -0.39 is 11.6 Å². The average Bonchev–Trinajstić information content (AvgIpc) is 2.46. The second-order valence-electron chi connectivity index (χ2n) is 5.11. The quantitative estimate of drug-likeness (QED) is 0.411. The molecule has 3 rings (SSSR count). The number of aryl methyl sites for hydroxylation is 1. The molecule has 0 aliphatic heterocycles. The fraction of sp³-hybridized carbons (Fsp3) is 0.111. The highest BCUT2D eigenvalue weighted by atomic mass is 16.5. The zero-order valence-electron chi connectivity index (χ0n) is 12.3. The number of ether oxygens (including phenoxy) is 1. The van der Waals surface area contributed by atoms with Crippen molar-refractivity contribution in [1.82, 2.24) is 0 Å². The van der Waals surface area contributed by atoms with Crippen molar-refractivity contribution in [2.75, 3.05) is 0 Å². The van der Waals surface area contributed by atoms with E-state index in [9.17, 15) is 9.59 Å². The van der Waals surface area contributed by atoms with Crippen LogP contribution in [0.3, 0.4) is 0 Å². The molecule has 0 atom stereocenters. The number of hydrogen-bond acceptors (Lipinski definition) is 4. The van der Waals surface area contributed by atoms with Crippen molar-refractivity contribution < 1.29 is 13.9 Å². The first-order valence-corrected chi connectivity index (χ1v) is 6.86. The summed E-state index contributed by atoms with van der Waals surface area (Å²) in [4.78, 5) is 23.2. The van der Waals surface area contributed by atoms with Gasteiger partial charge < -0.3 is 9.15 Å². The van der Waals surface area contributed by atoms with E-state index in [2.05, 4.69) is 0 Å². The monoisotopic (exact) mass is 294 g/mol. The molecule has 4 heteroatoms. The Hall–Kier alpha value is -2.88. The zero-order valence-corrected chi connectivity index (χ0v) is 12.3. The van der Waals surface area contributed by atoms with Crippen molar-refractivity contribution in [2.24, 2.45) is 0 Å². The molecule has 0 unspecified atom stereocenters. The van der Waals surface area contributed by atoms with E-state index >= 15 is 0 Å². The molecule has 0 saturated carbocycles. The number of esters is 1. The van der Waals surface area contributed by atoms with Gasteiger partial charge in [0.25, 0.3) is 0 Å². The molecular weight excluding hydrogens is 280 g/mol. The Morgan fingerprint density at radius 2 is 1.91 bits per heavy atom. The smallest absolute Gasteiger partial charge is 0.344 e. The third-order valence-electron chi connectivity index (χ3n) is 3.29. The number of carbonyl (C=O) groups is 1. The first-order valence-electron chi connectivity index (χ1n) is 6.86. The molecule has 0 radical (unpaired) electrons. The summed E-state index contributed by atoms with van der Waals surface area (Å²) >= 11 is 0. The molecule has 0 aliphatic rings. The van der Waals surface area contributed by atoms with E-state index in [1.54, 1.807) is 36.4 Å². The summed E-state index contributed by atoms with van der Waals surface area (Å²) in [7, 11) is 0. The van der Waals surface area contributed by atoms with Gasteiger partial charge in [0.2, 0.25) is 0 Å². The lowest BCUT2D eigenvalue weighted by Crippen LogP contribution is -2.04. The maximum Gasteiger partial charge on any atom is 0.344 e. The largest absolute Gasteiger partial charge is 0.427 e. The Morgan fingerprint density at radius 3 is 2.68 bits per heavy atom. The van der Waals surface area contributed by atoms with Crippen LogP contribution in [0.5, 0.6) is 5.75 Å². The minimum atomic E-state index is -0.420. The predicted octanol–water partition coefficient (Wildman–Crippen LogP) is 3.69. The van der Waals surface area contributed by atoms with Crippen LogP contribution in [-0.2, 0) is 4.79 Å². The molecule has 1 aromatic heterocycles. The highest BCUT2D eigenvalue weighted by Crippen LogP contribution is 2.25. The third-order valence-corrected chi connectivity index (χ3v) is 3.29. The molecule has 3 aromatic rings. The standard InChI is InChI=1S/C18H14O4/c1-11-6-7-17-14(8-11)10-16(18(20)22-17)13-4-3-5-15(9-13)21-12(2)19/h3-10H,1-2H3. The van der Waals surface area contributed by atoms with E-state index in [1.165, 1.54) is 6.92 Å². The van der Waals surface area contributed by atoms with Crippen LogP contribution < -0.4 is 10.4 Å². The van der Waals surface area contributed by atoms with Crippen LogP contribution in [0.25, 0.3) is 22.1 Å². The highest BCUT2D eigenvalue weighted by molar-refractivity contribution is 5.82. The summed E-state index contributed by atoms with van der Waals surface area (Å²) in [5.74, 6) is -0.00735. The molecule has 0 fully saturated rings. The Bertz CT molecular complexity index is 922. The van der Waals surface area contributed by atoms with Gasteiger partial charge in [0, 0.05) is 12.3 Å². The highest BCUT2D eigenvalue weighted by Gasteiger charge is 2.09. The average molecular weight is 294 g/mol. The van der Waals surface area contributed by atoms with Gasteiger partial charge in [-0.15, -0.1) is 0 Å². The van der Waals surface area contributed by atoms with Gasteiger partial charge >= 0.3 is 11.6 Å². The zero-order chi connectivity index (χ0) is 15.7. The van der Waals surface area contributed by atoms with Gasteiger partial charge in [0.1, 0.15) is 11.3 Å². The van der Waals surface area contributed by atoms with Crippen molar-refractivity contribution in [3.63, 3.8) is 0 Å². The molecule has 1 heterocycles. The van der Waals surface area contributed by atoms with Crippen LogP contribution in [0.4, 0.5) is 0 Å². The minimum Gasteiger partial charge on any atom is -0.427 e. The molecule has 0 amide bonds. The maximum absolute atomic E-state index is 12.2. The van der Waals surface area contributed by atoms with Gasteiger partial charge in [0.15, 0.2) is 0 Å². The Morgan fingerprint density at radius 1 is 1.09 bits per heavy atom. The van der Waals surface area contributed by atoms with Crippen molar-refractivity contribution >= 4 is 16.9 Å². The summed E-state index contributed by atoms with van der Waals surface area (Å²) in [5, 5.41) is 0.854. The Kier molecular flexibility index (Phi) is 3.51. The lowest BCUT2D eigenvalue weighted by molar-refractivity contribution is -0.131. The van der Waals surface area contributed by atoms with E-state index in [0.717, 1.165) is 10.9 Å². The van der Waals surface area contributed by atoms with Crippen LogP contribution >= 0.6 is 0 Å². The summed E-state index contributed by atoms with van der Waals surface area (Å²) in [6, 6.07) is 14.2. The Balaban J connectivity index is 2.15. The van der Waals surface area contributed by atoms with Crippen LogP contribution in [0.2, 0.25) is 0 Å². The molecule has 0 bridgehead atoms. The number of benzene rings is 2. The molecule has 22 heavy (non-hydrogen) atoms. The van der Waals surface area contributed by atoms with Gasteiger partial charge in [-0.3, -0.25) is 4.79 Å². The van der Waals surface area contributed by atoms with Gasteiger partial charge in [0.05, 0.1) is 5.56 Å². The molecule has 0 saturated heterocycles. The second-order valence-corrected chi connectivity index (χ2v) is 5.11. The molecule has 0 aliphatic carbocycles. The summed E-state index contributed by atoms with van der Waals surface area (Å²) in [5.41, 5.74) is 2.30. The molecular formula is C18H14O4. The fourth-order valence-electron chi connectivity index (χ4n) is 2.34. The summed E-state index contributed by atoms with van der Waals surface area (Å²) in [6.45, 7) is 3.31. The Labute approximate surface area is 127 Å². The van der Waals surface area contributed by atoms with E-state index in [-0.39, 0.29) is 0 Å². The number of hydrogen-bond donors (Lipinski definition) is 0. The molecule has 0 spiro atoms. The second kappa shape index (κ2) is 5.48. The maximum atomic E-state index is 12.2. The number of rotatable bonds is 2. The summed E-state index contributed by atoms with van der Waals surface area (Å²) in [6.07, 6.45) is 0. The van der Waals surface area contributed by atoms with Gasteiger partial charge in [-0.2, -0.15) is 0 Å². The molecule has 4 nitrogen and oxygen atoms in total. The van der Waals surface area contributed by atoms with Crippen molar-refractivity contribution in [1.29, 1.82) is 0 Å². The van der Waals surface area contributed by atoms with Crippen LogP contribution in [0.1, 0.15) is 12.5 Å². The minimum absolute atomic E-state index is 0.397. The van der Waals surface area contributed by atoms with E-state index in [1.807, 2.05) is 19.1 Å². The van der Waals surface area contributed by atoms with Gasteiger partial charge in [-0.25, -0.2) is 4.79 Å². The molecule has 0 N–H and O–H groups in total. The first kappa shape index (κ1) is 14.1. The number of fused-ring (bicyclic) bond motifs is 1. The predicted molar refractivity (Wildman–Crippen MR) is 84.0 cm³/mol. The topological polar surface area (TPSA) is 56.5 Å². The van der Waals surface area contributed by atoms with E-state index in [4.69, 9.17) is 9.15 Å². The lowest BCUT2D eigenvalue weighted by atomic mass is 10.0. The first-order chi connectivity index (χ1) is 10.5. The SMILES string of the molecule is CC(=O)Oc1cccc(-c2cc3cc(C)ccc3oc2=O)c1. The lowest BCUT2D eigenvalue weighted by Gasteiger charge is -2.06. The van der Waals surface area contributed by atoms with Gasteiger partial charge in [-0.1, -0.05) is 23.8 Å². The van der Waals surface area contributed by atoms with Crippen LogP contribution in [0.15, 0.2) is 57.7 Å². The van der Waals surface area contributed by atoms with Crippen LogP contribution in [0, 0.1) is 6.92 Å². The molecule has 2 aromatic carbocycles. The third kappa shape index (κ3) is 2.76. The van der Waals surface area contributed by atoms with Gasteiger partial charge in [-0.05, 0) is 42.8 Å². The van der Waals surface area contributed by atoms with Crippen molar-refractivity contribution in [3.8, 4) is 16.9 Å². The number of carbonyl (C=O) groups excluding carboxylic acids is 1. The van der Waals surface area contributed by atoms with Crippen molar-refractivity contribution in [2.45, 2.75) is 13.8 Å². The normalized spacial score (nSPS) is 10.6.